The molecule has 1 heterocycles. The van der Waals surface area contributed by atoms with Gasteiger partial charge in [-0.3, -0.25) is 4.57 Å². The second kappa shape index (κ2) is 4.68. The molecule has 0 bridgehead atoms. The molecular formula is C13H16N2O3. The third kappa shape index (κ3) is 1.81. The highest BCUT2D eigenvalue weighted by molar-refractivity contribution is 6.01. The van der Waals surface area contributed by atoms with E-state index < -0.39 is 5.97 Å². The quantitative estimate of drug-likeness (QED) is 0.872. The zero-order valence-electron chi connectivity index (χ0n) is 10.4. The third-order valence-electron chi connectivity index (χ3n) is 3.28. The minimum Gasteiger partial charge on any atom is -0.478 e. The molecule has 5 heteroatoms. The molecule has 18 heavy (non-hydrogen) atoms. The van der Waals surface area contributed by atoms with Crippen molar-refractivity contribution in [1.82, 2.24) is 9.55 Å². The highest BCUT2D eigenvalue weighted by atomic mass is 16.4. The van der Waals surface area contributed by atoms with Crippen LogP contribution >= 0.6 is 0 Å². The lowest BCUT2D eigenvalue weighted by atomic mass is 10.1. The van der Waals surface area contributed by atoms with E-state index in [0.717, 1.165) is 12.8 Å². The summed E-state index contributed by atoms with van der Waals surface area (Å²) < 4.78 is 1.57. The van der Waals surface area contributed by atoms with Gasteiger partial charge < -0.3 is 10.1 Å². The number of imidazole rings is 1. The van der Waals surface area contributed by atoms with Gasteiger partial charge in [0.15, 0.2) is 0 Å². The van der Waals surface area contributed by atoms with Crippen molar-refractivity contribution in [2.24, 2.45) is 0 Å². The normalized spacial score (nSPS) is 11.3. The molecule has 0 saturated carbocycles. The second-order valence-electron chi connectivity index (χ2n) is 4.28. The van der Waals surface area contributed by atoms with Crippen LogP contribution in [0.5, 0.6) is 0 Å². The number of aromatic amines is 1. The average molecular weight is 248 g/mol. The SMILES string of the molecule is CCC(CC)n1c(=O)[nH]c2cccc(C(=O)O)c21. The maximum absolute atomic E-state index is 12.0. The zero-order chi connectivity index (χ0) is 13.3. The lowest BCUT2D eigenvalue weighted by Crippen LogP contribution is -2.22. The number of carbonyl (C=O) groups is 1. The minimum absolute atomic E-state index is 0.0201. The summed E-state index contributed by atoms with van der Waals surface area (Å²) in [4.78, 5) is 25.9. The molecule has 0 saturated heterocycles. The number of rotatable bonds is 4. The van der Waals surface area contributed by atoms with Crippen LogP contribution in [0.1, 0.15) is 43.1 Å². The first-order valence-electron chi connectivity index (χ1n) is 6.06. The molecule has 1 aromatic carbocycles. The van der Waals surface area contributed by atoms with E-state index in [0.29, 0.717) is 11.0 Å². The van der Waals surface area contributed by atoms with Crippen LogP contribution in [0.4, 0.5) is 0 Å². The van der Waals surface area contributed by atoms with Crippen molar-refractivity contribution in [3.8, 4) is 0 Å². The van der Waals surface area contributed by atoms with Crippen LogP contribution in [0, 0.1) is 0 Å². The molecule has 0 fully saturated rings. The first kappa shape index (κ1) is 12.4. The molecule has 0 unspecified atom stereocenters. The minimum atomic E-state index is -1.01. The summed E-state index contributed by atoms with van der Waals surface area (Å²) in [6.45, 7) is 3.98. The number of nitrogens with zero attached hydrogens (tertiary/aromatic N) is 1. The molecule has 2 rings (SSSR count). The Bertz CT molecular complexity index is 635. The van der Waals surface area contributed by atoms with Crippen LogP contribution in [-0.4, -0.2) is 20.6 Å². The van der Waals surface area contributed by atoms with Gasteiger partial charge in [-0.05, 0) is 25.0 Å². The van der Waals surface area contributed by atoms with E-state index in [4.69, 9.17) is 0 Å². The van der Waals surface area contributed by atoms with Gasteiger partial charge in [-0.2, -0.15) is 0 Å². The molecule has 0 spiro atoms. The maximum Gasteiger partial charge on any atom is 0.337 e. The number of para-hydroxylation sites is 1. The van der Waals surface area contributed by atoms with Crippen molar-refractivity contribution in [3.63, 3.8) is 0 Å². The van der Waals surface area contributed by atoms with Gasteiger partial charge in [0.1, 0.15) is 0 Å². The molecule has 2 N–H and O–H groups in total. The van der Waals surface area contributed by atoms with Gasteiger partial charge in [-0.1, -0.05) is 19.9 Å². The monoisotopic (exact) mass is 248 g/mol. The van der Waals surface area contributed by atoms with E-state index >= 15 is 0 Å². The van der Waals surface area contributed by atoms with Crippen molar-refractivity contribution in [1.29, 1.82) is 0 Å². The van der Waals surface area contributed by atoms with Crippen molar-refractivity contribution >= 4 is 17.0 Å². The van der Waals surface area contributed by atoms with Crippen LogP contribution in [0.25, 0.3) is 11.0 Å². The van der Waals surface area contributed by atoms with E-state index in [-0.39, 0.29) is 17.3 Å². The molecule has 1 aromatic heterocycles. The standard InChI is InChI=1S/C13H16N2O3/c1-3-8(4-2)15-11-9(12(16)17)6-5-7-10(11)14-13(15)18/h5-8H,3-4H2,1-2H3,(H,14,18)(H,16,17). The van der Waals surface area contributed by atoms with Crippen LogP contribution in [-0.2, 0) is 0 Å². The summed E-state index contributed by atoms with van der Waals surface area (Å²) in [5.41, 5.74) is 0.987. The van der Waals surface area contributed by atoms with Gasteiger partial charge >= 0.3 is 11.7 Å². The molecule has 0 aliphatic heterocycles. The number of benzene rings is 1. The average Bonchev–Trinajstić information content (AvgIpc) is 2.67. The Kier molecular flexibility index (Phi) is 3.23. The topological polar surface area (TPSA) is 75.1 Å². The van der Waals surface area contributed by atoms with E-state index in [9.17, 15) is 14.7 Å². The Morgan fingerprint density at radius 2 is 2.06 bits per heavy atom. The molecule has 2 aromatic rings. The first-order valence-corrected chi connectivity index (χ1v) is 6.06. The molecule has 5 nitrogen and oxygen atoms in total. The van der Waals surface area contributed by atoms with E-state index in [1.54, 1.807) is 16.7 Å². The number of H-pyrrole nitrogens is 1. The van der Waals surface area contributed by atoms with Gasteiger partial charge in [0, 0.05) is 6.04 Å². The fourth-order valence-electron chi connectivity index (χ4n) is 2.36. The van der Waals surface area contributed by atoms with Gasteiger partial charge in [0.2, 0.25) is 0 Å². The number of aromatic carboxylic acids is 1. The van der Waals surface area contributed by atoms with Crippen molar-refractivity contribution in [2.75, 3.05) is 0 Å². The second-order valence-corrected chi connectivity index (χ2v) is 4.28. The Hall–Kier alpha value is -2.04. The molecule has 0 radical (unpaired) electrons. The van der Waals surface area contributed by atoms with Crippen LogP contribution < -0.4 is 5.69 Å². The summed E-state index contributed by atoms with van der Waals surface area (Å²) in [6, 6.07) is 4.91. The number of carboxylic acids is 1. The van der Waals surface area contributed by atoms with E-state index in [1.807, 2.05) is 13.8 Å². The van der Waals surface area contributed by atoms with Gasteiger partial charge in [-0.15, -0.1) is 0 Å². The van der Waals surface area contributed by atoms with Crippen molar-refractivity contribution in [3.05, 3.63) is 34.2 Å². The fraction of sp³-hybridized carbons (Fsp3) is 0.385. The summed E-state index contributed by atoms with van der Waals surface area (Å²) in [5, 5.41) is 9.21. The number of aromatic nitrogens is 2. The predicted molar refractivity (Wildman–Crippen MR) is 69.1 cm³/mol. The lowest BCUT2D eigenvalue weighted by Gasteiger charge is -2.15. The lowest BCUT2D eigenvalue weighted by molar-refractivity contribution is 0.0698. The molecular weight excluding hydrogens is 232 g/mol. The zero-order valence-corrected chi connectivity index (χ0v) is 10.4. The smallest absolute Gasteiger partial charge is 0.337 e. The Morgan fingerprint density at radius 3 is 2.61 bits per heavy atom. The van der Waals surface area contributed by atoms with Crippen molar-refractivity contribution in [2.45, 2.75) is 32.7 Å². The molecule has 0 amide bonds. The summed E-state index contributed by atoms with van der Waals surface area (Å²) >= 11 is 0. The summed E-state index contributed by atoms with van der Waals surface area (Å²) in [5.74, 6) is -1.01. The van der Waals surface area contributed by atoms with Crippen LogP contribution in [0.15, 0.2) is 23.0 Å². The largest absolute Gasteiger partial charge is 0.478 e. The van der Waals surface area contributed by atoms with Crippen LogP contribution in [0.3, 0.4) is 0 Å². The number of carboxylic acid groups (broad SMARTS) is 1. The Morgan fingerprint density at radius 1 is 1.39 bits per heavy atom. The Labute approximate surface area is 104 Å². The summed E-state index contributed by atoms with van der Waals surface area (Å²) in [7, 11) is 0. The van der Waals surface area contributed by atoms with E-state index in [2.05, 4.69) is 4.98 Å². The Balaban J connectivity index is 2.83. The predicted octanol–water partition coefficient (Wildman–Crippen LogP) is 2.39. The maximum atomic E-state index is 12.0. The number of nitrogens with one attached hydrogen (secondary N) is 1. The highest BCUT2D eigenvalue weighted by Gasteiger charge is 2.19. The molecule has 0 atom stereocenters. The first-order chi connectivity index (χ1) is 8.60. The molecule has 96 valence electrons. The highest BCUT2D eigenvalue weighted by Crippen LogP contribution is 2.23. The van der Waals surface area contributed by atoms with Gasteiger partial charge in [0.05, 0.1) is 16.6 Å². The van der Waals surface area contributed by atoms with Gasteiger partial charge in [0.25, 0.3) is 0 Å². The van der Waals surface area contributed by atoms with Gasteiger partial charge in [-0.25, -0.2) is 9.59 Å². The number of hydrogen-bond acceptors (Lipinski definition) is 2. The van der Waals surface area contributed by atoms with E-state index in [1.165, 1.54) is 6.07 Å². The molecule has 0 aliphatic rings. The number of fused-ring (bicyclic) bond motifs is 1. The van der Waals surface area contributed by atoms with Crippen LogP contribution in [0.2, 0.25) is 0 Å². The fourth-order valence-corrected chi connectivity index (χ4v) is 2.36. The number of hydrogen-bond donors (Lipinski definition) is 2. The molecule has 0 aliphatic carbocycles. The summed E-state index contributed by atoms with van der Waals surface area (Å²) in [6.07, 6.45) is 1.58. The third-order valence-corrected chi connectivity index (χ3v) is 3.28. The van der Waals surface area contributed by atoms with Crippen molar-refractivity contribution < 1.29 is 9.90 Å².